The molecule has 2 rings (SSSR count). The van der Waals surface area contributed by atoms with E-state index in [1.165, 1.54) is 0 Å². The van der Waals surface area contributed by atoms with Crippen LogP contribution < -0.4 is 5.32 Å². The molecule has 1 saturated heterocycles. The van der Waals surface area contributed by atoms with Crippen molar-refractivity contribution < 1.29 is 19.1 Å². The lowest BCUT2D eigenvalue weighted by molar-refractivity contribution is -0.118. The SMILES string of the molecule is CCCC(C)OC(=O)c1cccc(NC(=O)CN2CCOCC2)c1.Cl. The van der Waals surface area contributed by atoms with Crippen LogP contribution in [0.2, 0.25) is 0 Å². The Morgan fingerprint density at radius 1 is 1.32 bits per heavy atom. The van der Waals surface area contributed by atoms with Gasteiger partial charge in [0.05, 0.1) is 31.4 Å². The number of ether oxygens (including phenoxy) is 2. The molecule has 1 atom stereocenters. The highest BCUT2D eigenvalue weighted by atomic mass is 35.5. The topological polar surface area (TPSA) is 67.9 Å². The molecule has 1 aromatic rings. The van der Waals surface area contributed by atoms with Crippen LogP contribution in [0.4, 0.5) is 5.69 Å². The number of carbonyl (C=O) groups excluding carboxylic acids is 2. The molecule has 25 heavy (non-hydrogen) atoms. The third-order valence-electron chi connectivity index (χ3n) is 3.86. The van der Waals surface area contributed by atoms with Gasteiger partial charge in [-0.3, -0.25) is 9.69 Å². The Balaban J connectivity index is 0.00000312. The molecule has 1 fully saturated rings. The number of hydrogen-bond acceptors (Lipinski definition) is 5. The van der Waals surface area contributed by atoms with Crippen LogP contribution in [-0.4, -0.2) is 55.7 Å². The summed E-state index contributed by atoms with van der Waals surface area (Å²) in [6, 6.07) is 6.85. The van der Waals surface area contributed by atoms with Crippen LogP contribution >= 0.6 is 12.4 Å². The number of nitrogens with zero attached hydrogens (tertiary/aromatic N) is 1. The fourth-order valence-electron chi connectivity index (χ4n) is 2.60. The molecule has 7 heteroatoms. The molecule has 1 unspecified atom stereocenters. The van der Waals surface area contributed by atoms with Crippen molar-refractivity contribution in [2.75, 3.05) is 38.2 Å². The molecule has 1 aliphatic heterocycles. The summed E-state index contributed by atoms with van der Waals surface area (Å²) < 4.78 is 10.7. The Bertz CT molecular complexity index is 562. The Hall–Kier alpha value is -1.63. The van der Waals surface area contributed by atoms with Gasteiger partial charge in [-0.2, -0.15) is 0 Å². The van der Waals surface area contributed by atoms with Gasteiger partial charge in [0.25, 0.3) is 0 Å². The minimum Gasteiger partial charge on any atom is -0.459 e. The maximum Gasteiger partial charge on any atom is 0.338 e. The Kier molecular flexibility index (Phi) is 9.49. The second kappa shape index (κ2) is 11.1. The number of anilines is 1. The highest BCUT2D eigenvalue weighted by Gasteiger charge is 2.15. The van der Waals surface area contributed by atoms with Crippen LogP contribution in [0.5, 0.6) is 0 Å². The van der Waals surface area contributed by atoms with Crippen LogP contribution in [0.15, 0.2) is 24.3 Å². The summed E-state index contributed by atoms with van der Waals surface area (Å²) in [6.45, 7) is 7.09. The predicted molar refractivity (Wildman–Crippen MR) is 99.4 cm³/mol. The van der Waals surface area contributed by atoms with Crippen LogP contribution in [0.3, 0.4) is 0 Å². The summed E-state index contributed by atoms with van der Waals surface area (Å²) in [5.41, 5.74) is 1.05. The molecule has 0 radical (unpaired) electrons. The Labute approximate surface area is 155 Å². The van der Waals surface area contributed by atoms with E-state index < -0.39 is 0 Å². The lowest BCUT2D eigenvalue weighted by atomic mass is 10.2. The van der Waals surface area contributed by atoms with E-state index in [0.29, 0.717) is 31.0 Å². The van der Waals surface area contributed by atoms with Crippen LogP contribution in [0.25, 0.3) is 0 Å². The van der Waals surface area contributed by atoms with Crippen molar-refractivity contribution in [3.05, 3.63) is 29.8 Å². The summed E-state index contributed by atoms with van der Waals surface area (Å²) in [7, 11) is 0. The van der Waals surface area contributed by atoms with Crippen molar-refractivity contribution in [1.29, 1.82) is 0 Å². The molecule has 0 bridgehead atoms. The highest BCUT2D eigenvalue weighted by Crippen LogP contribution is 2.14. The first-order chi connectivity index (χ1) is 11.6. The van der Waals surface area contributed by atoms with Crippen molar-refractivity contribution in [1.82, 2.24) is 4.90 Å². The first-order valence-electron chi connectivity index (χ1n) is 8.49. The second-order valence-corrected chi connectivity index (χ2v) is 6.02. The Morgan fingerprint density at radius 2 is 2.04 bits per heavy atom. The van der Waals surface area contributed by atoms with Gasteiger partial charge in [0, 0.05) is 18.8 Å². The van der Waals surface area contributed by atoms with Gasteiger partial charge in [-0.05, 0) is 31.5 Å². The number of hydrogen-bond donors (Lipinski definition) is 1. The summed E-state index contributed by atoms with van der Waals surface area (Å²) in [4.78, 5) is 26.3. The molecule has 1 aromatic carbocycles. The lowest BCUT2D eigenvalue weighted by Gasteiger charge is -2.25. The van der Waals surface area contributed by atoms with E-state index in [1.807, 2.05) is 11.8 Å². The molecular formula is C18H27ClN2O4. The zero-order chi connectivity index (χ0) is 17.4. The van der Waals surface area contributed by atoms with Gasteiger partial charge in [-0.15, -0.1) is 12.4 Å². The summed E-state index contributed by atoms with van der Waals surface area (Å²) in [5.74, 6) is -0.456. The van der Waals surface area contributed by atoms with E-state index in [2.05, 4.69) is 12.2 Å². The van der Waals surface area contributed by atoms with Crippen LogP contribution in [-0.2, 0) is 14.3 Å². The molecule has 1 heterocycles. The third kappa shape index (κ3) is 7.42. The van der Waals surface area contributed by atoms with E-state index in [0.717, 1.165) is 25.9 Å². The fourth-order valence-corrected chi connectivity index (χ4v) is 2.60. The molecule has 0 aromatic heterocycles. The maximum absolute atomic E-state index is 12.1. The van der Waals surface area contributed by atoms with E-state index in [9.17, 15) is 9.59 Å². The van der Waals surface area contributed by atoms with Crippen molar-refractivity contribution in [2.24, 2.45) is 0 Å². The zero-order valence-electron chi connectivity index (χ0n) is 14.8. The van der Waals surface area contributed by atoms with Crippen LogP contribution in [0, 0.1) is 0 Å². The summed E-state index contributed by atoms with van der Waals surface area (Å²) in [6.07, 6.45) is 1.69. The molecule has 140 valence electrons. The molecule has 1 amide bonds. The lowest BCUT2D eigenvalue weighted by Crippen LogP contribution is -2.41. The van der Waals surface area contributed by atoms with Crippen molar-refractivity contribution in [3.63, 3.8) is 0 Å². The van der Waals surface area contributed by atoms with Crippen molar-refractivity contribution >= 4 is 30.0 Å². The number of halogens is 1. The second-order valence-electron chi connectivity index (χ2n) is 6.02. The maximum atomic E-state index is 12.1. The predicted octanol–water partition coefficient (Wildman–Crippen LogP) is 2.72. The highest BCUT2D eigenvalue weighted by molar-refractivity contribution is 5.95. The molecular weight excluding hydrogens is 344 g/mol. The summed E-state index contributed by atoms with van der Waals surface area (Å²) >= 11 is 0. The van der Waals surface area contributed by atoms with E-state index in [-0.39, 0.29) is 30.4 Å². The normalized spacial score (nSPS) is 15.8. The molecule has 6 nitrogen and oxygen atoms in total. The number of morpholine rings is 1. The smallest absolute Gasteiger partial charge is 0.338 e. The molecule has 0 saturated carbocycles. The molecule has 1 aliphatic rings. The first kappa shape index (κ1) is 21.4. The standard InChI is InChI=1S/C18H26N2O4.ClH/c1-3-5-14(2)24-18(22)15-6-4-7-16(12-15)19-17(21)13-20-8-10-23-11-9-20;/h4,6-7,12,14H,3,5,8-11,13H2,1-2H3,(H,19,21);1H. The van der Waals surface area contributed by atoms with E-state index in [4.69, 9.17) is 9.47 Å². The van der Waals surface area contributed by atoms with E-state index >= 15 is 0 Å². The number of esters is 1. The van der Waals surface area contributed by atoms with Gasteiger partial charge in [-0.25, -0.2) is 4.79 Å². The zero-order valence-corrected chi connectivity index (χ0v) is 15.6. The first-order valence-corrected chi connectivity index (χ1v) is 8.49. The fraction of sp³-hybridized carbons (Fsp3) is 0.556. The molecule has 0 spiro atoms. The van der Waals surface area contributed by atoms with Crippen molar-refractivity contribution in [2.45, 2.75) is 32.8 Å². The summed E-state index contributed by atoms with van der Waals surface area (Å²) in [5, 5.41) is 2.83. The van der Waals surface area contributed by atoms with Gasteiger partial charge < -0.3 is 14.8 Å². The van der Waals surface area contributed by atoms with Gasteiger partial charge >= 0.3 is 5.97 Å². The number of benzene rings is 1. The monoisotopic (exact) mass is 370 g/mol. The third-order valence-corrected chi connectivity index (χ3v) is 3.86. The average molecular weight is 371 g/mol. The largest absolute Gasteiger partial charge is 0.459 e. The quantitative estimate of drug-likeness (QED) is 0.747. The number of rotatable bonds is 7. The van der Waals surface area contributed by atoms with Gasteiger partial charge in [-0.1, -0.05) is 19.4 Å². The minimum absolute atomic E-state index is 0. The average Bonchev–Trinajstić information content (AvgIpc) is 2.56. The number of nitrogens with one attached hydrogen (secondary N) is 1. The van der Waals surface area contributed by atoms with Gasteiger partial charge in [0.15, 0.2) is 0 Å². The van der Waals surface area contributed by atoms with E-state index in [1.54, 1.807) is 24.3 Å². The van der Waals surface area contributed by atoms with Crippen LogP contribution in [0.1, 0.15) is 37.0 Å². The van der Waals surface area contributed by atoms with Crippen molar-refractivity contribution in [3.8, 4) is 0 Å². The minimum atomic E-state index is -0.361. The Morgan fingerprint density at radius 3 is 2.72 bits per heavy atom. The van der Waals surface area contributed by atoms with Gasteiger partial charge in [0.2, 0.25) is 5.91 Å². The van der Waals surface area contributed by atoms with Gasteiger partial charge in [0.1, 0.15) is 0 Å². The molecule has 1 N–H and O–H groups in total. The number of carbonyl (C=O) groups is 2. The molecule has 0 aliphatic carbocycles. The number of amides is 1.